The summed E-state index contributed by atoms with van der Waals surface area (Å²) in [6.07, 6.45) is 2.91. The molecule has 0 saturated carbocycles. The zero-order chi connectivity index (χ0) is 21.0. The third-order valence-corrected chi connectivity index (χ3v) is 6.80. The van der Waals surface area contributed by atoms with Crippen molar-refractivity contribution in [3.8, 4) is 0 Å². The smallest absolute Gasteiger partial charge is 0.251 e. The molecule has 0 aliphatic carbocycles. The standard InChI is InChI=1S/C20H26N4O4S/c1-22(2)17-7-5-16(6-8-17)13-21-19(25)15-23-14-18(9-10-20(23)26)29(27,28)24-11-3-4-12-24/h5-10,14H,3-4,11-13,15H2,1-2H3,(H,21,25). The molecule has 0 bridgehead atoms. The highest BCUT2D eigenvalue weighted by Crippen LogP contribution is 2.19. The average molecular weight is 419 g/mol. The zero-order valence-electron chi connectivity index (χ0n) is 16.7. The number of carbonyl (C=O) groups is 1. The fraction of sp³-hybridized carbons (Fsp3) is 0.400. The first kappa shape index (κ1) is 21.1. The molecule has 2 aromatic rings. The number of aromatic nitrogens is 1. The largest absolute Gasteiger partial charge is 0.378 e. The van der Waals surface area contributed by atoms with Crippen molar-refractivity contribution in [2.24, 2.45) is 0 Å². The Hall–Kier alpha value is -2.65. The zero-order valence-corrected chi connectivity index (χ0v) is 17.5. The molecule has 0 radical (unpaired) electrons. The van der Waals surface area contributed by atoms with Crippen molar-refractivity contribution >= 4 is 21.6 Å². The molecule has 1 fully saturated rings. The molecule has 0 unspecified atom stereocenters. The molecule has 9 heteroatoms. The van der Waals surface area contributed by atoms with Crippen LogP contribution in [0.2, 0.25) is 0 Å². The molecule has 1 aliphatic rings. The van der Waals surface area contributed by atoms with Crippen LogP contribution in [-0.2, 0) is 27.9 Å². The highest BCUT2D eigenvalue weighted by Gasteiger charge is 2.27. The predicted octanol–water partition coefficient (Wildman–Crippen LogP) is 1.02. The van der Waals surface area contributed by atoms with Crippen LogP contribution in [0, 0.1) is 0 Å². The van der Waals surface area contributed by atoms with Gasteiger partial charge in [-0.05, 0) is 36.6 Å². The lowest BCUT2D eigenvalue weighted by molar-refractivity contribution is -0.121. The Morgan fingerprint density at radius 1 is 1.07 bits per heavy atom. The highest BCUT2D eigenvalue weighted by atomic mass is 32.2. The monoisotopic (exact) mass is 418 g/mol. The van der Waals surface area contributed by atoms with Gasteiger partial charge < -0.3 is 14.8 Å². The summed E-state index contributed by atoms with van der Waals surface area (Å²) in [4.78, 5) is 26.4. The summed E-state index contributed by atoms with van der Waals surface area (Å²) in [5.41, 5.74) is 1.57. The number of rotatable bonds is 7. The summed E-state index contributed by atoms with van der Waals surface area (Å²) in [5, 5.41) is 2.76. The maximum atomic E-state index is 12.7. The van der Waals surface area contributed by atoms with Gasteiger partial charge in [0.15, 0.2) is 0 Å². The van der Waals surface area contributed by atoms with Crippen LogP contribution >= 0.6 is 0 Å². The molecule has 0 spiro atoms. The van der Waals surface area contributed by atoms with Gasteiger partial charge in [0, 0.05) is 51.7 Å². The van der Waals surface area contributed by atoms with Gasteiger partial charge in [-0.3, -0.25) is 9.59 Å². The Morgan fingerprint density at radius 3 is 2.34 bits per heavy atom. The van der Waals surface area contributed by atoms with Crippen LogP contribution in [0.15, 0.2) is 52.3 Å². The van der Waals surface area contributed by atoms with E-state index in [2.05, 4.69) is 5.32 Å². The SMILES string of the molecule is CN(C)c1ccc(CNC(=O)Cn2cc(S(=O)(=O)N3CCCC3)ccc2=O)cc1. The summed E-state index contributed by atoms with van der Waals surface area (Å²) >= 11 is 0. The molecule has 1 aliphatic heterocycles. The normalized spacial score (nSPS) is 14.7. The molecule has 1 saturated heterocycles. The van der Waals surface area contributed by atoms with Crippen LogP contribution in [0.1, 0.15) is 18.4 Å². The molecule has 1 aromatic heterocycles. The van der Waals surface area contributed by atoms with E-state index in [0.717, 1.165) is 28.7 Å². The molecule has 1 N–H and O–H groups in total. The number of benzene rings is 1. The summed E-state index contributed by atoms with van der Waals surface area (Å²) in [7, 11) is 0.260. The van der Waals surface area contributed by atoms with Gasteiger partial charge in [-0.2, -0.15) is 4.31 Å². The second-order valence-corrected chi connectivity index (χ2v) is 9.22. The number of sulfonamides is 1. The van der Waals surface area contributed by atoms with E-state index in [1.54, 1.807) is 0 Å². The Labute approximate surface area is 170 Å². The van der Waals surface area contributed by atoms with Crippen LogP contribution in [0.5, 0.6) is 0 Å². The summed E-state index contributed by atoms with van der Waals surface area (Å²) < 4.78 is 27.9. The number of nitrogens with zero attached hydrogens (tertiary/aromatic N) is 3. The van der Waals surface area contributed by atoms with E-state index >= 15 is 0 Å². The number of hydrogen-bond acceptors (Lipinski definition) is 5. The summed E-state index contributed by atoms with van der Waals surface area (Å²) in [6, 6.07) is 10.3. The average Bonchev–Trinajstić information content (AvgIpc) is 3.24. The number of hydrogen-bond donors (Lipinski definition) is 1. The minimum Gasteiger partial charge on any atom is -0.378 e. The highest BCUT2D eigenvalue weighted by molar-refractivity contribution is 7.89. The van der Waals surface area contributed by atoms with Gasteiger partial charge in [-0.1, -0.05) is 12.1 Å². The number of pyridine rings is 1. The quantitative estimate of drug-likeness (QED) is 0.725. The van der Waals surface area contributed by atoms with Crippen molar-refractivity contribution < 1.29 is 13.2 Å². The van der Waals surface area contributed by atoms with Gasteiger partial charge in [-0.15, -0.1) is 0 Å². The third-order valence-electron chi connectivity index (χ3n) is 4.92. The molecule has 1 amide bonds. The van der Waals surface area contributed by atoms with Gasteiger partial charge in [0.2, 0.25) is 15.9 Å². The minimum atomic E-state index is -3.64. The summed E-state index contributed by atoms with van der Waals surface area (Å²) in [5.74, 6) is -0.362. The Kier molecular flexibility index (Phi) is 6.39. The van der Waals surface area contributed by atoms with Crippen molar-refractivity contribution in [1.82, 2.24) is 14.2 Å². The summed E-state index contributed by atoms with van der Waals surface area (Å²) in [6.45, 7) is 1.05. The first-order valence-electron chi connectivity index (χ1n) is 9.51. The molecule has 2 heterocycles. The van der Waals surface area contributed by atoms with Gasteiger partial charge >= 0.3 is 0 Å². The van der Waals surface area contributed by atoms with Crippen LogP contribution < -0.4 is 15.8 Å². The fourth-order valence-corrected chi connectivity index (χ4v) is 4.72. The molecule has 1 aromatic carbocycles. The van der Waals surface area contributed by atoms with E-state index in [0.29, 0.717) is 19.6 Å². The minimum absolute atomic E-state index is 0.0334. The van der Waals surface area contributed by atoms with Gasteiger partial charge in [-0.25, -0.2) is 8.42 Å². The van der Waals surface area contributed by atoms with Crippen molar-refractivity contribution in [1.29, 1.82) is 0 Å². The number of nitrogens with one attached hydrogen (secondary N) is 1. The molecule has 29 heavy (non-hydrogen) atoms. The Balaban J connectivity index is 1.66. The fourth-order valence-electron chi connectivity index (χ4n) is 3.19. The van der Waals surface area contributed by atoms with Crippen LogP contribution in [0.25, 0.3) is 0 Å². The van der Waals surface area contributed by atoms with Crippen LogP contribution in [-0.4, -0.2) is 50.4 Å². The van der Waals surface area contributed by atoms with Gasteiger partial charge in [0.25, 0.3) is 5.56 Å². The number of carbonyl (C=O) groups excluding carboxylic acids is 1. The lowest BCUT2D eigenvalue weighted by Crippen LogP contribution is -2.33. The topological polar surface area (TPSA) is 91.7 Å². The molecule has 8 nitrogen and oxygen atoms in total. The van der Waals surface area contributed by atoms with E-state index in [9.17, 15) is 18.0 Å². The van der Waals surface area contributed by atoms with Gasteiger partial charge in [0.05, 0.1) is 4.90 Å². The Bertz CT molecular complexity index is 1020. The maximum absolute atomic E-state index is 12.7. The van der Waals surface area contributed by atoms with Crippen LogP contribution in [0.3, 0.4) is 0 Å². The van der Waals surface area contributed by atoms with Crippen molar-refractivity contribution in [2.75, 3.05) is 32.1 Å². The van der Waals surface area contributed by atoms with Crippen LogP contribution in [0.4, 0.5) is 5.69 Å². The second-order valence-electron chi connectivity index (χ2n) is 7.28. The first-order chi connectivity index (χ1) is 13.8. The molecule has 3 rings (SSSR count). The van der Waals surface area contributed by atoms with Crippen molar-refractivity contribution in [2.45, 2.75) is 30.8 Å². The maximum Gasteiger partial charge on any atom is 0.251 e. The van der Waals surface area contributed by atoms with Crippen molar-refractivity contribution in [3.63, 3.8) is 0 Å². The van der Waals surface area contributed by atoms with Crippen molar-refractivity contribution in [3.05, 3.63) is 58.5 Å². The Morgan fingerprint density at radius 2 is 1.72 bits per heavy atom. The molecular formula is C20H26N4O4S. The van der Waals surface area contributed by atoms with E-state index in [4.69, 9.17) is 0 Å². The first-order valence-corrected chi connectivity index (χ1v) is 10.9. The van der Waals surface area contributed by atoms with E-state index in [1.807, 2.05) is 43.3 Å². The van der Waals surface area contributed by atoms with E-state index in [1.165, 1.54) is 22.6 Å². The van der Waals surface area contributed by atoms with Gasteiger partial charge in [0.1, 0.15) is 6.54 Å². The predicted molar refractivity (Wildman–Crippen MR) is 111 cm³/mol. The lowest BCUT2D eigenvalue weighted by atomic mass is 10.2. The van der Waals surface area contributed by atoms with E-state index < -0.39 is 15.6 Å². The van der Waals surface area contributed by atoms with E-state index in [-0.39, 0.29) is 17.3 Å². The third kappa shape index (κ3) is 5.04. The molecular weight excluding hydrogens is 392 g/mol. The second kappa shape index (κ2) is 8.79. The lowest BCUT2D eigenvalue weighted by Gasteiger charge is -2.16. The number of anilines is 1. The number of amides is 1. The molecule has 156 valence electrons. The molecule has 0 atom stereocenters.